The summed E-state index contributed by atoms with van der Waals surface area (Å²) in [6.07, 6.45) is 0. The maximum atomic E-state index is 12.5. The fourth-order valence-electron chi connectivity index (χ4n) is 3.01. The molecule has 0 fully saturated rings. The fraction of sp³-hybridized carbons (Fsp3) is 0.190. The van der Waals surface area contributed by atoms with E-state index >= 15 is 0 Å². The van der Waals surface area contributed by atoms with Gasteiger partial charge in [-0.1, -0.05) is 12.1 Å². The third-order valence-electron chi connectivity index (χ3n) is 4.33. The van der Waals surface area contributed by atoms with E-state index < -0.39 is 0 Å². The molecule has 0 saturated heterocycles. The number of aryl methyl sites for hydroxylation is 1. The van der Waals surface area contributed by atoms with Crippen molar-refractivity contribution in [3.63, 3.8) is 0 Å². The standard InChI is InChI=1S/C21H20N4OS/c1-13(2)25-14(3)12-18(24-25)20(26)22-16-10-8-15(9-11-16)21-23-17-6-4-5-7-19(17)27-21/h4-13H,1-3H3,(H,22,26). The first-order chi connectivity index (χ1) is 13.0. The van der Waals surface area contributed by atoms with Crippen LogP contribution in [0.4, 0.5) is 5.69 Å². The number of nitrogens with one attached hydrogen (secondary N) is 1. The Morgan fingerprint density at radius 2 is 1.85 bits per heavy atom. The van der Waals surface area contributed by atoms with Crippen molar-refractivity contribution in [1.82, 2.24) is 14.8 Å². The summed E-state index contributed by atoms with van der Waals surface area (Å²) in [4.78, 5) is 17.1. The van der Waals surface area contributed by atoms with E-state index in [1.807, 2.05) is 74.0 Å². The average Bonchev–Trinajstić information content (AvgIpc) is 3.26. The normalized spacial score (nSPS) is 11.3. The van der Waals surface area contributed by atoms with Crippen molar-refractivity contribution in [3.8, 4) is 10.6 Å². The van der Waals surface area contributed by atoms with Gasteiger partial charge in [0.25, 0.3) is 5.91 Å². The van der Waals surface area contributed by atoms with Crippen LogP contribution in [0.5, 0.6) is 0 Å². The number of thiazole rings is 1. The van der Waals surface area contributed by atoms with Crippen molar-refractivity contribution < 1.29 is 4.79 Å². The first kappa shape index (κ1) is 17.4. The van der Waals surface area contributed by atoms with Crippen molar-refractivity contribution in [2.45, 2.75) is 26.8 Å². The Morgan fingerprint density at radius 1 is 1.11 bits per heavy atom. The van der Waals surface area contributed by atoms with Crippen molar-refractivity contribution in [2.24, 2.45) is 0 Å². The number of rotatable bonds is 4. The maximum absolute atomic E-state index is 12.5. The van der Waals surface area contributed by atoms with Gasteiger partial charge in [-0.15, -0.1) is 11.3 Å². The quantitative estimate of drug-likeness (QED) is 0.526. The molecule has 4 aromatic rings. The van der Waals surface area contributed by atoms with Crippen molar-refractivity contribution in [1.29, 1.82) is 0 Å². The Kier molecular flexibility index (Phi) is 4.49. The van der Waals surface area contributed by atoms with Crippen LogP contribution in [0.2, 0.25) is 0 Å². The number of carbonyl (C=O) groups excluding carboxylic acids is 1. The first-order valence-electron chi connectivity index (χ1n) is 8.85. The first-order valence-corrected chi connectivity index (χ1v) is 9.66. The van der Waals surface area contributed by atoms with Gasteiger partial charge in [-0.05, 0) is 63.2 Å². The number of anilines is 1. The summed E-state index contributed by atoms with van der Waals surface area (Å²) in [5, 5.41) is 8.27. The number of carbonyl (C=O) groups is 1. The Labute approximate surface area is 161 Å². The summed E-state index contributed by atoms with van der Waals surface area (Å²) in [6, 6.07) is 17.9. The highest BCUT2D eigenvalue weighted by molar-refractivity contribution is 7.21. The molecule has 4 rings (SSSR count). The molecule has 1 N–H and O–H groups in total. The Bertz CT molecular complexity index is 1080. The lowest BCUT2D eigenvalue weighted by Crippen LogP contribution is -2.13. The monoisotopic (exact) mass is 376 g/mol. The van der Waals surface area contributed by atoms with E-state index in [1.54, 1.807) is 11.3 Å². The SMILES string of the molecule is Cc1cc(C(=O)Nc2ccc(-c3nc4ccccc4s3)cc2)nn1C(C)C. The minimum absolute atomic E-state index is 0.203. The fourth-order valence-corrected chi connectivity index (χ4v) is 3.98. The third-order valence-corrected chi connectivity index (χ3v) is 5.41. The lowest BCUT2D eigenvalue weighted by Gasteiger charge is -2.07. The summed E-state index contributed by atoms with van der Waals surface area (Å²) in [7, 11) is 0. The second-order valence-corrected chi connectivity index (χ2v) is 7.76. The van der Waals surface area contributed by atoms with Crippen molar-refractivity contribution in [3.05, 3.63) is 66.0 Å². The van der Waals surface area contributed by atoms with Crippen LogP contribution in [0.15, 0.2) is 54.6 Å². The summed E-state index contributed by atoms with van der Waals surface area (Å²) in [5.74, 6) is -0.203. The van der Waals surface area contributed by atoms with E-state index in [4.69, 9.17) is 0 Å². The lowest BCUT2D eigenvalue weighted by molar-refractivity contribution is 0.102. The van der Waals surface area contributed by atoms with Gasteiger partial charge in [-0.25, -0.2) is 4.98 Å². The zero-order valence-electron chi connectivity index (χ0n) is 15.4. The number of para-hydroxylation sites is 1. The minimum Gasteiger partial charge on any atom is -0.321 e. The predicted molar refractivity (Wildman–Crippen MR) is 110 cm³/mol. The third kappa shape index (κ3) is 3.48. The zero-order chi connectivity index (χ0) is 19.0. The van der Waals surface area contributed by atoms with Gasteiger partial charge in [0.2, 0.25) is 0 Å². The molecule has 1 amide bonds. The van der Waals surface area contributed by atoms with Gasteiger partial charge in [0.15, 0.2) is 5.69 Å². The second kappa shape index (κ2) is 6.96. The van der Waals surface area contributed by atoms with Gasteiger partial charge in [0.1, 0.15) is 5.01 Å². The van der Waals surface area contributed by atoms with Crippen LogP contribution < -0.4 is 5.32 Å². The molecule has 2 heterocycles. The summed E-state index contributed by atoms with van der Waals surface area (Å²) >= 11 is 1.66. The number of hydrogen-bond donors (Lipinski definition) is 1. The molecule has 0 atom stereocenters. The molecule has 0 aliphatic carbocycles. The van der Waals surface area contributed by atoms with Crippen LogP contribution in [-0.2, 0) is 0 Å². The number of benzene rings is 2. The minimum atomic E-state index is -0.203. The molecular formula is C21H20N4OS. The summed E-state index contributed by atoms with van der Waals surface area (Å²) in [6.45, 7) is 6.04. The average molecular weight is 376 g/mol. The largest absolute Gasteiger partial charge is 0.321 e. The van der Waals surface area contributed by atoms with E-state index in [0.29, 0.717) is 5.69 Å². The highest BCUT2D eigenvalue weighted by atomic mass is 32.1. The molecular weight excluding hydrogens is 356 g/mol. The van der Waals surface area contributed by atoms with Gasteiger partial charge in [-0.3, -0.25) is 9.48 Å². The highest BCUT2D eigenvalue weighted by Crippen LogP contribution is 2.30. The van der Waals surface area contributed by atoms with Crippen LogP contribution in [-0.4, -0.2) is 20.7 Å². The highest BCUT2D eigenvalue weighted by Gasteiger charge is 2.14. The van der Waals surface area contributed by atoms with E-state index in [2.05, 4.69) is 21.5 Å². The van der Waals surface area contributed by atoms with Crippen LogP contribution in [0.3, 0.4) is 0 Å². The molecule has 2 aromatic heterocycles. The summed E-state index contributed by atoms with van der Waals surface area (Å²) in [5.41, 5.74) is 4.18. The predicted octanol–water partition coefficient (Wildman–Crippen LogP) is 5.30. The molecule has 2 aromatic carbocycles. The summed E-state index contributed by atoms with van der Waals surface area (Å²) < 4.78 is 3.02. The number of nitrogens with zero attached hydrogens (tertiary/aromatic N) is 3. The molecule has 5 nitrogen and oxygen atoms in total. The molecule has 0 aliphatic rings. The topological polar surface area (TPSA) is 59.8 Å². The Hall–Kier alpha value is -2.99. The van der Waals surface area contributed by atoms with Crippen LogP contribution in [0.25, 0.3) is 20.8 Å². The van der Waals surface area contributed by atoms with Crippen LogP contribution >= 0.6 is 11.3 Å². The number of aromatic nitrogens is 3. The van der Waals surface area contributed by atoms with E-state index in [1.165, 1.54) is 4.70 Å². The Balaban J connectivity index is 1.52. The number of fused-ring (bicyclic) bond motifs is 1. The zero-order valence-corrected chi connectivity index (χ0v) is 16.2. The van der Waals surface area contributed by atoms with Gasteiger partial charge in [0, 0.05) is 23.0 Å². The molecule has 27 heavy (non-hydrogen) atoms. The molecule has 0 unspecified atom stereocenters. The molecule has 0 aliphatic heterocycles. The smallest absolute Gasteiger partial charge is 0.276 e. The lowest BCUT2D eigenvalue weighted by atomic mass is 10.2. The molecule has 0 bridgehead atoms. The maximum Gasteiger partial charge on any atom is 0.276 e. The number of amides is 1. The molecule has 136 valence electrons. The second-order valence-electron chi connectivity index (χ2n) is 6.73. The van der Waals surface area contributed by atoms with E-state index in [0.717, 1.165) is 27.5 Å². The van der Waals surface area contributed by atoms with Crippen molar-refractivity contribution >= 4 is 33.1 Å². The van der Waals surface area contributed by atoms with Gasteiger partial charge in [0.05, 0.1) is 10.2 Å². The Morgan fingerprint density at radius 3 is 2.52 bits per heavy atom. The molecule has 0 spiro atoms. The van der Waals surface area contributed by atoms with Crippen LogP contribution in [0.1, 0.15) is 36.1 Å². The number of hydrogen-bond acceptors (Lipinski definition) is 4. The van der Waals surface area contributed by atoms with Gasteiger partial charge < -0.3 is 5.32 Å². The molecule has 6 heteroatoms. The van der Waals surface area contributed by atoms with Crippen LogP contribution in [0, 0.1) is 6.92 Å². The van der Waals surface area contributed by atoms with E-state index in [9.17, 15) is 4.79 Å². The van der Waals surface area contributed by atoms with Crippen molar-refractivity contribution in [2.75, 3.05) is 5.32 Å². The molecule has 0 radical (unpaired) electrons. The van der Waals surface area contributed by atoms with E-state index in [-0.39, 0.29) is 11.9 Å². The van der Waals surface area contributed by atoms with Gasteiger partial charge >= 0.3 is 0 Å². The van der Waals surface area contributed by atoms with Gasteiger partial charge in [-0.2, -0.15) is 5.10 Å². The molecule has 0 saturated carbocycles.